The van der Waals surface area contributed by atoms with Gasteiger partial charge in [-0.15, -0.1) is 0 Å². The molecular weight excluding hydrogens is 229 g/mol. The highest BCUT2D eigenvalue weighted by atomic mass is 19.1. The summed E-state index contributed by atoms with van der Waals surface area (Å²) < 4.78 is 18.7. The van der Waals surface area contributed by atoms with E-state index in [1.165, 1.54) is 6.07 Å². The molecule has 0 amide bonds. The molecule has 1 aromatic carbocycles. The standard InChI is InChI=1S/C15H24FNO/c1-11(2)9-17-10-12(3)7-13-5-6-14(18-4)8-15(13)16/h5-6,8,11-12,17H,7,9-10H2,1-4H3. The van der Waals surface area contributed by atoms with E-state index in [1.54, 1.807) is 7.11 Å². The molecule has 0 fully saturated rings. The van der Waals surface area contributed by atoms with Crippen LogP contribution in [0.15, 0.2) is 18.2 Å². The maximum Gasteiger partial charge on any atom is 0.130 e. The van der Waals surface area contributed by atoms with Crippen molar-refractivity contribution >= 4 is 0 Å². The van der Waals surface area contributed by atoms with Gasteiger partial charge in [0.15, 0.2) is 0 Å². The highest BCUT2D eigenvalue weighted by molar-refractivity contribution is 5.29. The van der Waals surface area contributed by atoms with Gasteiger partial charge in [0.1, 0.15) is 11.6 Å². The molecule has 1 N–H and O–H groups in total. The van der Waals surface area contributed by atoms with Gasteiger partial charge in [0.25, 0.3) is 0 Å². The first-order chi connectivity index (χ1) is 8.52. The minimum Gasteiger partial charge on any atom is -0.497 e. The maximum absolute atomic E-state index is 13.7. The van der Waals surface area contributed by atoms with Crippen molar-refractivity contribution in [3.8, 4) is 5.75 Å². The lowest BCUT2D eigenvalue weighted by Crippen LogP contribution is -2.26. The van der Waals surface area contributed by atoms with Gasteiger partial charge in [-0.05, 0) is 43.0 Å². The van der Waals surface area contributed by atoms with E-state index in [0.29, 0.717) is 17.6 Å². The Labute approximate surface area is 110 Å². The number of nitrogens with one attached hydrogen (secondary N) is 1. The molecule has 0 bridgehead atoms. The van der Waals surface area contributed by atoms with Gasteiger partial charge >= 0.3 is 0 Å². The fourth-order valence-corrected chi connectivity index (χ4v) is 1.89. The Kier molecular flexibility index (Phi) is 6.13. The lowest BCUT2D eigenvalue weighted by molar-refractivity contribution is 0.409. The highest BCUT2D eigenvalue weighted by Crippen LogP contribution is 2.18. The predicted octanol–water partition coefficient (Wildman–Crippen LogP) is 3.26. The lowest BCUT2D eigenvalue weighted by Gasteiger charge is -2.14. The minimum atomic E-state index is -0.176. The molecule has 0 aliphatic heterocycles. The third kappa shape index (κ3) is 5.05. The summed E-state index contributed by atoms with van der Waals surface area (Å²) >= 11 is 0. The van der Waals surface area contributed by atoms with Crippen molar-refractivity contribution in [3.63, 3.8) is 0 Å². The summed E-state index contributed by atoms with van der Waals surface area (Å²) in [4.78, 5) is 0. The Hall–Kier alpha value is -1.09. The van der Waals surface area contributed by atoms with Crippen LogP contribution in [0.1, 0.15) is 26.3 Å². The lowest BCUT2D eigenvalue weighted by atomic mass is 10.0. The summed E-state index contributed by atoms with van der Waals surface area (Å²) in [6.07, 6.45) is 0.751. The van der Waals surface area contributed by atoms with Gasteiger partial charge in [-0.2, -0.15) is 0 Å². The van der Waals surface area contributed by atoms with Crippen LogP contribution in [0, 0.1) is 17.7 Å². The Bertz CT molecular complexity index is 366. The van der Waals surface area contributed by atoms with Crippen LogP contribution in [0.3, 0.4) is 0 Å². The highest BCUT2D eigenvalue weighted by Gasteiger charge is 2.09. The molecule has 0 saturated carbocycles. The first kappa shape index (κ1) is 15.0. The Balaban J connectivity index is 2.46. The van der Waals surface area contributed by atoms with Crippen LogP contribution in [0.25, 0.3) is 0 Å². The summed E-state index contributed by atoms with van der Waals surface area (Å²) in [5.74, 6) is 1.47. The molecule has 0 aromatic heterocycles. The summed E-state index contributed by atoms with van der Waals surface area (Å²) in [6.45, 7) is 8.43. The third-order valence-corrected chi connectivity index (χ3v) is 2.87. The van der Waals surface area contributed by atoms with Crippen LogP contribution in [0.2, 0.25) is 0 Å². The summed E-state index contributed by atoms with van der Waals surface area (Å²) in [5.41, 5.74) is 0.759. The van der Waals surface area contributed by atoms with Crippen LogP contribution in [0.5, 0.6) is 5.75 Å². The van der Waals surface area contributed by atoms with Crippen LogP contribution >= 0.6 is 0 Å². The number of hydrogen-bond donors (Lipinski definition) is 1. The second-order valence-corrected chi connectivity index (χ2v) is 5.32. The number of methoxy groups -OCH3 is 1. The van der Waals surface area contributed by atoms with Crippen molar-refractivity contribution in [2.75, 3.05) is 20.2 Å². The fourth-order valence-electron chi connectivity index (χ4n) is 1.89. The average Bonchev–Trinajstić information content (AvgIpc) is 2.31. The van der Waals surface area contributed by atoms with Gasteiger partial charge in [0.05, 0.1) is 7.11 Å². The third-order valence-electron chi connectivity index (χ3n) is 2.87. The molecule has 1 unspecified atom stereocenters. The van der Waals surface area contributed by atoms with E-state index >= 15 is 0 Å². The number of benzene rings is 1. The number of hydrogen-bond acceptors (Lipinski definition) is 2. The molecule has 0 aliphatic rings. The van der Waals surface area contributed by atoms with Gasteiger partial charge in [0.2, 0.25) is 0 Å². The van der Waals surface area contributed by atoms with E-state index in [2.05, 4.69) is 26.1 Å². The Morgan fingerprint density at radius 2 is 1.94 bits per heavy atom. The van der Waals surface area contributed by atoms with Gasteiger partial charge in [-0.1, -0.05) is 26.8 Å². The molecule has 1 aromatic rings. The second kappa shape index (κ2) is 7.37. The zero-order chi connectivity index (χ0) is 13.5. The zero-order valence-corrected chi connectivity index (χ0v) is 11.8. The van der Waals surface area contributed by atoms with Crippen LogP contribution < -0.4 is 10.1 Å². The monoisotopic (exact) mass is 253 g/mol. The SMILES string of the molecule is COc1ccc(CC(C)CNCC(C)C)c(F)c1. The molecule has 1 rings (SSSR count). The molecular formula is C15H24FNO. The average molecular weight is 253 g/mol. The van der Waals surface area contributed by atoms with Crippen molar-refractivity contribution < 1.29 is 9.13 Å². The first-order valence-corrected chi connectivity index (χ1v) is 6.56. The summed E-state index contributed by atoms with van der Waals surface area (Å²) in [6, 6.07) is 5.07. The first-order valence-electron chi connectivity index (χ1n) is 6.56. The molecule has 0 saturated heterocycles. The van der Waals surface area contributed by atoms with E-state index in [4.69, 9.17) is 4.74 Å². The van der Waals surface area contributed by atoms with E-state index in [0.717, 1.165) is 25.1 Å². The van der Waals surface area contributed by atoms with Crippen molar-refractivity contribution in [2.45, 2.75) is 27.2 Å². The van der Waals surface area contributed by atoms with E-state index < -0.39 is 0 Å². The van der Waals surface area contributed by atoms with Gasteiger partial charge in [-0.3, -0.25) is 0 Å². The minimum absolute atomic E-state index is 0.176. The molecule has 0 heterocycles. The summed E-state index contributed by atoms with van der Waals surface area (Å²) in [7, 11) is 1.55. The van der Waals surface area contributed by atoms with Crippen molar-refractivity contribution in [1.82, 2.24) is 5.32 Å². The molecule has 1 atom stereocenters. The van der Waals surface area contributed by atoms with Crippen molar-refractivity contribution in [1.29, 1.82) is 0 Å². The van der Waals surface area contributed by atoms with Crippen LogP contribution in [-0.2, 0) is 6.42 Å². The normalized spacial score (nSPS) is 12.8. The number of halogens is 1. The molecule has 18 heavy (non-hydrogen) atoms. The molecule has 102 valence electrons. The van der Waals surface area contributed by atoms with Gasteiger partial charge in [-0.25, -0.2) is 4.39 Å². The molecule has 0 radical (unpaired) electrons. The van der Waals surface area contributed by atoms with E-state index in [-0.39, 0.29) is 5.82 Å². The molecule has 0 aliphatic carbocycles. The Morgan fingerprint density at radius 1 is 1.22 bits per heavy atom. The predicted molar refractivity (Wildman–Crippen MR) is 73.5 cm³/mol. The van der Waals surface area contributed by atoms with E-state index in [1.807, 2.05) is 12.1 Å². The largest absolute Gasteiger partial charge is 0.497 e. The molecule has 0 spiro atoms. The van der Waals surface area contributed by atoms with Gasteiger partial charge < -0.3 is 10.1 Å². The molecule has 2 nitrogen and oxygen atoms in total. The Morgan fingerprint density at radius 3 is 2.50 bits per heavy atom. The van der Waals surface area contributed by atoms with Crippen molar-refractivity contribution in [2.24, 2.45) is 11.8 Å². The van der Waals surface area contributed by atoms with Gasteiger partial charge in [0, 0.05) is 6.07 Å². The number of ether oxygens (including phenoxy) is 1. The quantitative estimate of drug-likeness (QED) is 0.805. The van der Waals surface area contributed by atoms with Crippen LogP contribution in [0.4, 0.5) is 4.39 Å². The maximum atomic E-state index is 13.7. The fraction of sp³-hybridized carbons (Fsp3) is 0.600. The summed E-state index contributed by atoms with van der Waals surface area (Å²) in [5, 5.41) is 3.40. The topological polar surface area (TPSA) is 21.3 Å². The van der Waals surface area contributed by atoms with Crippen LogP contribution in [-0.4, -0.2) is 20.2 Å². The van der Waals surface area contributed by atoms with Crippen molar-refractivity contribution in [3.05, 3.63) is 29.6 Å². The van der Waals surface area contributed by atoms with E-state index in [9.17, 15) is 4.39 Å². The smallest absolute Gasteiger partial charge is 0.130 e. The zero-order valence-electron chi connectivity index (χ0n) is 11.8. The number of rotatable bonds is 7. The molecule has 3 heteroatoms. The second-order valence-electron chi connectivity index (χ2n) is 5.32.